The minimum absolute atomic E-state index is 0.298. The van der Waals surface area contributed by atoms with Crippen LogP contribution in [0, 0.1) is 0 Å². The molecule has 0 bridgehead atoms. The van der Waals surface area contributed by atoms with Gasteiger partial charge in [0.05, 0.1) is 18.8 Å². The number of nitrogens with zero attached hydrogens (tertiary/aromatic N) is 4. The highest BCUT2D eigenvalue weighted by molar-refractivity contribution is 5.90. The molecule has 28 heavy (non-hydrogen) atoms. The van der Waals surface area contributed by atoms with E-state index in [-0.39, 0.29) is 0 Å². The van der Waals surface area contributed by atoms with E-state index in [2.05, 4.69) is 51.7 Å². The van der Waals surface area contributed by atoms with Gasteiger partial charge in [-0.2, -0.15) is 0 Å². The van der Waals surface area contributed by atoms with Gasteiger partial charge in [-0.15, -0.1) is 0 Å². The molecule has 4 nitrogen and oxygen atoms in total. The van der Waals surface area contributed by atoms with Crippen LogP contribution in [-0.2, 0) is 6.54 Å². The van der Waals surface area contributed by atoms with Gasteiger partial charge < -0.3 is 9.47 Å². The summed E-state index contributed by atoms with van der Waals surface area (Å²) < 4.78 is 2.17. The highest BCUT2D eigenvalue weighted by Gasteiger charge is 2.26. The van der Waals surface area contributed by atoms with Gasteiger partial charge in [-0.05, 0) is 12.0 Å². The van der Waals surface area contributed by atoms with Crippen LogP contribution in [0.4, 0.5) is 0 Å². The van der Waals surface area contributed by atoms with E-state index in [1.807, 2.05) is 18.7 Å². The number of hydrogen-bond acceptors (Lipinski definition) is 3. The Labute approximate surface area is 170 Å². The van der Waals surface area contributed by atoms with Crippen molar-refractivity contribution < 1.29 is 0 Å². The molecule has 0 radical (unpaired) electrons. The molecule has 1 atom stereocenters. The first-order valence-electron chi connectivity index (χ1n) is 11.2. The van der Waals surface area contributed by atoms with Crippen LogP contribution in [0.2, 0.25) is 0 Å². The van der Waals surface area contributed by atoms with Crippen molar-refractivity contribution in [3.05, 3.63) is 54.6 Å². The topological polar surface area (TPSA) is 33.4 Å². The molecule has 1 aliphatic heterocycles. The first kappa shape index (κ1) is 20.6. The van der Waals surface area contributed by atoms with E-state index in [9.17, 15) is 0 Å². The molecule has 1 aromatic heterocycles. The van der Waals surface area contributed by atoms with Gasteiger partial charge in [0, 0.05) is 32.0 Å². The van der Waals surface area contributed by atoms with Crippen LogP contribution in [0.3, 0.4) is 0 Å². The number of aromatic nitrogens is 2. The summed E-state index contributed by atoms with van der Waals surface area (Å²) in [5.41, 5.74) is 1.35. The molecule has 3 rings (SSSR count). The summed E-state index contributed by atoms with van der Waals surface area (Å²) in [5.74, 6) is 1.56. The first-order valence-corrected chi connectivity index (χ1v) is 11.2. The largest absolute Gasteiger partial charge is 0.358 e. The monoisotopic (exact) mass is 380 g/mol. The van der Waals surface area contributed by atoms with Crippen LogP contribution in [0.15, 0.2) is 54.0 Å². The van der Waals surface area contributed by atoms with Crippen molar-refractivity contribution in [2.75, 3.05) is 19.6 Å². The van der Waals surface area contributed by atoms with Crippen molar-refractivity contribution in [3.63, 3.8) is 0 Å². The highest BCUT2D eigenvalue weighted by Crippen LogP contribution is 2.25. The quantitative estimate of drug-likeness (QED) is 0.429. The van der Waals surface area contributed by atoms with Crippen molar-refractivity contribution in [2.45, 2.75) is 70.8 Å². The third-order valence-corrected chi connectivity index (χ3v) is 5.72. The number of hydrogen-bond donors (Lipinski definition) is 0. The smallest absolute Gasteiger partial charge is 0.108 e. The molecular weight excluding hydrogens is 344 g/mol. The number of imidazole rings is 1. The molecule has 0 spiro atoms. The Bertz CT molecular complexity index is 678. The van der Waals surface area contributed by atoms with Gasteiger partial charge >= 0.3 is 0 Å². The van der Waals surface area contributed by atoms with Crippen molar-refractivity contribution in [1.29, 1.82) is 0 Å². The predicted octanol–water partition coefficient (Wildman–Crippen LogP) is 5.52. The Kier molecular flexibility index (Phi) is 8.60. The zero-order chi connectivity index (χ0) is 19.4. The van der Waals surface area contributed by atoms with Gasteiger partial charge in [0.2, 0.25) is 0 Å². The fourth-order valence-corrected chi connectivity index (χ4v) is 4.12. The van der Waals surface area contributed by atoms with Crippen molar-refractivity contribution >= 4 is 5.84 Å². The van der Waals surface area contributed by atoms with Gasteiger partial charge in [0.15, 0.2) is 0 Å². The molecule has 0 N–H and O–H groups in total. The highest BCUT2D eigenvalue weighted by atomic mass is 15.2. The molecule has 1 aromatic carbocycles. The summed E-state index contributed by atoms with van der Waals surface area (Å²) in [7, 11) is 0. The SMILES string of the molecule is CCCCCCCCCCN1CCN=C1C(Cn1ccnc1)c1ccccc1. The summed E-state index contributed by atoms with van der Waals surface area (Å²) in [4.78, 5) is 11.7. The summed E-state index contributed by atoms with van der Waals surface area (Å²) in [6.07, 6.45) is 16.8. The zero-order valence-electron chi connectivity index (χ0n) is 17.5. The average molecular weight is 381 g/mol. The minimum Gasteiger partial charge on any atom is -0.358 e. The molecule has 0 amide bonds. The Hall–Kier alpha value is -2.10. The van der Waals surface area contributed by atoms with Gasteiger partial charge in [-0.1, -0.05) is 82.2 Å². The second kappa shape index (κ2) is 11.7. The predicted molar refractivity (Wildman–Crippen MR) is 118 cm³/mol. The van der Waals surface area contributed by atoms with E-state index in [4.69, 9.17) is 4.99 Å². The van der Waals surface area contributed by atoms with Crippen LogP contribution < -0.4 is 0 Å². The van der Waals surface area contributed by atoms with E-state index >= 15 is 0 Å². The van der Waals surface area contributed by atoms with Crippen molar-refractivity contribution in [2.24, 2.45) is 4.99 Å². The average Bonchev–Trinajstić information content (AvgIpc) is 3.41. The van der Waals surface area contributed by atoms with Gasteiger partial charge in [0.1, 0.15) is 5.84 Å². The molecule has 2 aromatic rings. The maximum absolute atomic E-state index is 4.93. The molecule has 4 heteroatoms. The standard InChI is InChI=1S/C24H36N4/c1-2-3-4-5-6-7-8-12-17-28-19-16-26-24(28)23(20-27-18-15-25-21-27)22-13-10-9-11-14-22/h9-11,13-15,18,21,23H,2-8,12,16-17,19-20H2,1H3. The Morgan fingerprint density at radius 1 is 0.964 bits per heavy atom. The number of rotatable bonds is 13. The lowest BCUT2D eigenvalue weighted by Crippen LogP contribution is -2.34. The fourth-order valence-electron chi connectivity index (χ4n) is 4.12. The lowest BCUT2D eigenvalue weighted by atomic mass is 9.96. The second-order valence-corrected chi connectivity index (χ2v) is 7.92. The third-order valence-electron chi connectivity index (χ3n) is 5.72. The maximum atomic E-state index is 4.93. The summed E-state index contributed by atoms with van der Waals surface area (Å²) in [6, 6.07) is 10.8. The van der Waals surface area contributed by atoms with E-state index in [1.54, 1.807) is 0 Å². The molecule has 0 fully saturated rings. The summed E-state index contributed by atoms with van der Waals surface area (Å²) in [5, 5.41) is 0. The maximum Gasteiger partial charge on any atom is 0.108 e. The van der Waals surface area contributed by atoms with Crippen LogP contribution >= 0.6 is 0 Å². The first-order chi connectivity index (χ1) is 13.9. The third kappa shape index (κ3) is 6.22. The van der Waals surface area contributed by atoms with Gasteiger partial charge in [0.25, 0.3) is 0 Å². The van der Waals surface area contributed by atoms with E-state index in [1.165, 1.54) is 62.8 Å². The lowest BCUT2D eigenvalue weighted by Gasteiger charge is -2.27. The molecule has 1 unspecified atom stereocenters. The zero-order valence-corrected chi connectivity index (χ0v) is 17.5. The fraction of sp³-hybridized carbons (Fsp3) is 0.583. The second-order valence-electron chi connectivity index (χ2n) is 7.92. The number of benzene rings is 1. The van der Waals surface area contributed by atoms with E-state index in [0.717, 1.165) is 26.2 Å². The van der Waals surface area contributed by atoms with Crippen LogP contribution in [0.5, 0.6) is 0 Å². The molecule has 152 valence electrons. The Balaban J connectivity index is 1.53. The number of amidine groups is 1. The van der Waals surface area contributed by atoms with Gasteiger partial charge in [-0.25, -0.2) is 4.98 Å². The minimum atomic E-state index is 0.298. The molecule has 2 heterocycles. The Morgan fingerprint density at radius 2 is 1.71 bits per heavy atom. The lowest BCUT2D eigenvalue weighted by molar-refractivity contribution is 0.414. The number of aliphatic imine (C=N–C) groups is 1. The summed E-state index contributed by atoms with van der Waals surface area (Å²) in [6.45, 7) is 6.32. The van der Waals surface area contributed by atoms with E-state index in [0.29, 0.717) is 5.92 Å². The molecule has 0 saturated heterocycles. The molecular formula is C24H36N4. The molecule has 1 aliphatic rings. The van der Waals surface area contributed by atoms with E-state index < -0.39 is 0 Å². The number of unbranched alkanes of at least 4 members (excludes halogenated alkanes) is 7. The summed E-state index contributed by atoms with van der Waals surface area (Å²) >= 11 is 0. The molecule has 0 saturated carbocycles. The normalized spacial score (nSPS) is 15.0. The van der Waals surface area contributed by atoms with Crippen LogP contribution in [0.25, 0.3) is 0 Å². The van der Waals surface area contributed by atoms with Crippen LogP contribution in [0.1, 0.15) is 69.8 Å². The van der Waals surface area contributed by atoms with Gasteiger partial charge in [-0.3, -0.25) is 4.99 Å². The van der Waals surface area contributed by atoms with Crippen molar-refractivity contribution in [1.82, 2.24) is 14.5 Å². The van der Waals surface area contributed by atoms with Crippen molar-refractivity contribution in [3.8, 4) is 0 Å². The molecule has 0 aliphatic carbocycles. The van der Waals surface area contributed by atoms with Crippen LogP contribution in [-0.4, -0.2) is 39.9 Å². The Morgan fingerprint density at radius 3 is 2.43 bits per heavy atom.